The van der Waals surface area contributed by atoms with Crippen molar-refractivity contribution in [2.75, 3.05) is 18.5 Å². The molecule has 0 spiro atoms. The summed E-state index contributed by atoms with van der Waals surface area (Å²) in [6, 6.07) is 4.56. The number of nitrogens with zero attached hydrogens (tertiary/aromatic N) is 1. The Morgan fingerprint density at radius 2 is 2.24 bits per heavy atom. The van der Waals surface area contributed by atoms with Crippen LogP contribution in [0, 0.1) is 17.1 Å². The fourth-order valence-corrected chi connectivity index (χ4v) is 2.00. The van der Waals surface area contributed by atoms with Gasteiger partial charge < -0.3 is 20.5 Å². The van der Waals surface area contributed by atoms with E-state index >= 15 is 0 Å². The molecule has 2 amide bonds. The Bertz CT molecular complexity index is 620. The summed E-state index contributed by atoms with van der Waals surface area (Å²) in [6.45, 7) is 0.0694. The van der Waals surface area contributed by atoms with Crippen LogP contribution in [0.25, 0.3) is 0 Å². The van der Waals surface area contributed by atoms with E-state index in [1.54, 1.807) is 6.07 Å². The fraction of sp³-hybridized carbons (Fsp3) is 0.308. The lowest BCUT2D eigenvalue weighted by atomic mass is 9.99. The number of aliphatic carboxylic acids is 1. The van der Waals surface area contributed by atoms with Crippen LogP contribution in [-0.2, 0) is 9.53 Å². The lowest BCUT2D eigenvalue weighted by molar-refractivity contribution is -0.144. The van der Waals surface area contributed by atoms with Crippen molar-refractivity contribution in [3.05, 3.63) is 29.6 Å². The Balaban J connectivity index is 2.14. The molecular formula is C13H12FN3O4. The van der Waals surface area contributed by atoms with E-state index in [0.717, 1.165) is 6.07 Å². The van der Waals surface area contributed by atoms with Crippen LogP contribution in [0.1, 0.15) is 12.0 Å². The van der Waals surface area contributed by atoms with Crippen LogP contribution in [0.2, 0.25) is 0 Å². The number of anilines is 1. The van der Waals surface area contributed by atoms with Crippen molar-refractivity contribution in [3.63, 3.8) is 0 Å². The molecule has 110 valence electrons. The van der Waals surface area contributed by atoms with E-state index in [4.69, 9.17) is 10.00 Å². The topological polar surface area (TPSA) is 111 Å². The van der Waals surface area contributed by atoms with Crippen molar-refractivity contribution >= 4 is 17.7 Å². The third-order valence-electron chi connectivity index (χ3n) is 3.16. The third kappa shape index (κ3) is 2.93. The van der Waals surface area contributed by atoms with Gasteiger partial charge >= 0.3 is 12.0 Å². The molecule has 1 heterocycles. The summed E-state index contributed by atoms with van der Waals surface area (Å²) in [5.74, 6) is -1.98. The second-order valence-electron chi connectivity index (χ2n) is 4.54. The molecule has 1 aliphatic rings. The molecule has 1 aromatic carbocycles. The van der Waals surface area contributed by atoms with E-state index in [2.05, 4.69) is 10.6 Å². The number of rotatable bonds is 3. The zero-order valence-electron chi connectivity index (χ0n) is 10.9. The van der Waals surface area contributed by atoms with Gasteiger partial charge in [-0.05, 0) is 12.1 Å². The highest BCUT2D eigenvalue weighted by atomic mass is 19.1. The Morgan fingerprint density at radius 1 is 1.48 bits per heavy atom. The van der Waals surface area contributed by atoms with Gasteiger partial charge in [-0.2, -0.15) is 5.26 Å². The first-order chi connectivity index (χ1) is 9.98. The minimum Gasteiger partial charge on any atom is -0.479 e. The van der Waals surface area contributed by atoms with Gasteiger partial charge in [-0.15, -0.1) is 0 Å². The zero-order valence-corrected chi connectivity index (χ0v) is 10.9. The minimum absolute atomic E-state index is 0.0329. The lowest BCUT2D eigenvalue weighted by Crippen LogP contribution is -2.56. The SMILES string of the molecule is N#Cc1c(F)cccc1NC(=O)NC1(C(=O)O)CCOC1. The highest BCUT2D eigenvalue weighted by Gasteiger charge is 2.44. The Labute approximate surface area is 119 Å². The van der Waals surface area contributed by atoms with Gasteiger partial charge in [0.05, 0.1) is 12.3 Å². The second-order valence-corrected chi connectivity index (χ2v) is 4.54. The molecule has 1 saturated heterocycles. The predicted molar refractivity (Wildman–Crippen MR) is 69.1 cm³/mol. The molecule has 1 fully saturated rings. The summed E-state index contributed by atoms with van der Waals surface area (Å²) in [5.41, 5.74) is -1.86. The Hall–Kier alpha value is -2.66. The number of carbonyl (C=O) groups excluding carboxylic acids is 1. The second kappa shape index (κ2) is 5.76. The summed E-state index contributed by atoms with van der Waals surface area (Å²) in [4.78, 5) is 23.1. The van der Waals surface area contributed by atoms with Gasteiger partial charge in [-0.3, -0.25) is 0 Å². The first-order valence-corrected chi connectivity index (χ1v) is 6.07. The molecule has 3 N–H and O–H groups in total. The number of carboxylic acids is 1. The minimum atomic E-state index is -1.51. The van der Waals surface area contributed by atoms with Gasteiger partial charge in [-0.1, -0.05) is 6.07 Å². The van der Waals surface area contributed by atoms with Crippen LogP contribution < -0.4 is 10.6 Å². The molecule has 1 atom stereocenters. The summed E-state index contributed by atoms with van der Waals surface area (Å²) in [7, 11) is 0. The van der Waals surface area contributed by atoms with E-state index in [1.165, 1.54) is 12.1 Å². The van der Waals surface area contributed by atoms with Gasteiger partial charge in [0.15, 0.2) is 5.54 Å². The van der Waals surface area contributed by atoms with Crippen molar-refractivity contribution in [3.8, 4) is 6.07 Å². The molecule has 1 aliphatic heterocycles. The number of nitrogens with one attached hydrogen (secondary N) is 2. The van der Waals surface area contributed by atoms with Crippen molar-refractivity contribution in [1.82, 2.24) is 5.32 Å². The smallest absolute Gasteiger partial charge is 0.332 e. The number of urea groups is 1. The maximum atomic E-state index is 13.4. The normalized spacial score (nSPS) is 20.6. The van der Waals surface area contributed by atoms with E-state index in [9.17, 15) is 19.1 Å². The van der Waals surface area contributed by atoms with Crippen molar-refractivity contribution in [1.29, 1.82) is 5.26 Å². The van der Waals surface area contributed by atoms with Crippen LogP contribution in [0.4, 0.5) is 14.9 Å². The van der Waals surface area contributed by atoms with Crippen LogP contribution >= 0.6 is 0 Å². The number of hydrogen-bond donors (Lipinski definition) is 3. The van der Waals surface area contributed by atoms with Crippen LogP contribution in [0.15, 0.2) is 18.2 Å². The van der Waals surface area contributed by atoms with Gasteiger partial charge in [0.25, 0.3) is 0 Å². The molecule has 0 saturated carbocycles. The molecule has 0 aliphatic carbocycles. The Kier molecular flexibility index (Phi) is 4.05. The van der Waals surface area contributed by atoms with Crippen LogP contribution in [0.3, 0.4) is 0 Å². The largest absolute Gasteiger partial charge is 0.479 e. The van der Waals surface area contributed by atoms with E-state index in [1.807, 2.05) is 0 Å². The van der Waals surface area contributed by atoms with Gasteiger partial charge in [0.1, 0.15) is 17.4 Å². The predicted octanol–water partition coefficient (Wildman–Crippen LogP) is 1.06. The number of amides is 2. The molecule has 0 aromatic heterocycles. The van der Waals surface area contributed by atoms with E-state index in [-0.39, 0.29) is 30.9 Å². The molecule has 2 rings (SSSR count). The first kappa shape index (κ1) is 14.7. The van der Waals surface area contributed by atoms with E-state index < -0.39 is 23.4 Å². The average Bonchev–Trinajstić information content (AvgIpc) is 2.88. The van der Waals surface area contributed by atoms with E-state index in [0.29, 0.717) is 0 Å². The molecular weight excluding hydrogens is 281 g/mol. The summed E-state index contributed by atoms with van der Waals surface area (Å²) < 4.78 is 18.4. The number of halogens is 1. The molecule has 21 heavy (non-hydrogen) atoms. The maximum Gasteiger partial charge on any atom is 0.332 e. The zero-order chi connectivity index (χ0) is 15.5. The van der Waals surface area contributed by atoms with Gasteiger partial charge in [-0.25, -0.2) is 14.0 Å². The standard InChI is InChI=1S/C13H12FN3O4/c14-9-2-1-3-10(8(9)6-15)16-12(20)17-13(11(18)19)4-5-21-7-13/h1-3H,4-5,7H2,(H,18,19)(H2,16,17,20). The maximum absolute atomic E-state index is 13.4. The number of ether oxygens (including phenoxy) is 1. The highest BCUT2D eigenvalue weighted by molar-refractivity contribution is 5.95. The molecule has 0 radical (unpaired) electrons. The Morgan fingerprint density at radius 3 is 2.81 bits per heavy atom. The number of hydrogen-bond acceptors (Lipinski definition) is 4. The molecule has 0 bridgehead atoms. The van der Waals surface area contributed by atoms with Crippen molar-refractivity contribution in [2.45, 2.75) is 12.0 Å². The first-order valence-electron chi connectivity index (χ1n) is 6.07. The quantitative estimate of drug-likeness (QED) is 0.771. The number of nitriles is 1. The fourth-order valence-electron chi connectivity index (χ4n) is 2.00. The number of carboxylic acid groups (broad SMARTS) is 1. The molecule has 7 nitrogen and oxygen atoms in total. The third-order valence-corrected chi connectivity index (χ3v) is 3.16. The van der Waals surface area contributed by atoms with Crippen LogP contribution in [-0.4, -0.2) is 35.9 Å². The van der Waals surface area contributed by atoms with Crippen molar-refractivity contribution in [2.24, 2.45) is 0 Å². The van der Waals surface area contributed by atoms with Gasteiger partial charge in [0, 0.05) is 13.0 Å². The summed E-state index contributed by atoms with van der Waals surface area (Å²) in [6.07, 6.45) is 0.129. The van der Waals surface area contributed by atoms with Crippen LogP contribution in [0.5, 0.6) is 0 Å². The summed E-state index contributed by atoms with van der Waals surface area (Å²) in [5, 5.41) is 22.6. The number of carbonyl (C=O) groups is 2. The molecule has 1 unspecified atom stereocenters. The molecule has 1 aromatic rings. The highest BCUT2D eigenvalue weighted by Crippen LogP contribution is 2.21. The average molecular weight is 293 g/mol. The molecule has 8 heteroatoms. The van der Waals surface area contributed by atoms with Gasteiger partial charge in [0.2, 0.25) is 0 Å². The van der Waals surface area contributed by atoms with Crippen molar-refractivity contribution < 1.29 is 23.8 Å². The lowest BCUT2D eigenvalue weighted by Gasteiger charge is -2.23. The number of benzene rings is 1. The monoisotopic (exact) mass is 293 g/mol. The summed E-state index contributed by atoms with van der Waals surface area (Å²) >= 11 is 0.